The lowest BCUT2D eigenvalue weighted by molar-refractivity contribution is 0.00704. The van der Waals surface area contributed by atoms with Gasteiger partial charge in [-0.2, -0.15) is 0 Å². The van der Waals surface area contributed by atoms with Crippen molar-refractivity contribution in [3.05, 3.63) is 83.6 Å². The second kappa shape index (κ2) is 8.26. The summed E-state index contributed by atoms with van der Waals surface area (Å²) < 4.78 is 5.63. The van der Waals surface area contributed by atoms with Crippen LogP contribution in [0.2, 0.25) is 0 Å². The highest BCUT2D eigenvalue weighted by Crippen LogP contribution is 2.32. The number of nitrogens with one attached hydrogen (secondary N) is 1. The number of hydrogen-bond acceptors (Lipinski definition) is 4. The van der Waals surface area contributed by atoms with Gasteiger partial charge in [-0.3, -0.25) is 0 Å². The minimum Gasteiger partial charge on any atom is -0.456 e. The Balaban J connectivity index is 2.02. The minimum atomic E-state index is -0.567. The SMILES string of the molecule is Cc1ccc(-c2c(C(=O)OC(C)(C)C)ccnc2NCc2ccccc2)cc1. The van der Waals surface area contributed by atoms with E-state index in [9.17, 15) is 4.79 Å². The zero-order valence-corrected chi connectivity index (χ0v) is 16.8. The molecule has 0 saturated heterocycles. The van der Waals surface area contributed by atoms with E-state index in [1.54, 1.807) is 12.3 Å². The van der Waals surface area contributed by atoms with Gasteiger partial charge in [0, 0.05) is 18.3 Å². The molecule has 3 rings (SSSR count). The van der Waals surface area contributed by atoms with Crippen LogP contribution in [0.25, 0.3) is 11.1 Å². The average Bonchev–Trinajstić information content (AvgIpc) is 2.66. The summed E-state index contributed by atoms with van der Waals surface area (Å²) in [5, 5.41) is 3.38. The lowest BCUT2D eigenvalue weighted by Crippen LogP contribution is -2.24. The zero-order valence-electron chi connectivity index (χ0n) is 16.8. The predicted molar refractivity (Wildman–Crippen MR) is 113 cm³/mol. The highest BCUT2D eigenvalue weighted by molar-refractivity contribution is 6.00. The van der Waals surface area contributed by atoms with Crippen LogP contribution in [0.5, 0.6) is 0 Å². The number of nitrogens with zero attached hydrogens (tertiary/aromatic N) is 1. The first-order valence-corrected chi connectivity index (χ1v) is 9.41. The number of benzene rings is 2. The van der Waals surface area contributed by atoms with Gasteiger partial charge in [0.1, 0.15) is 11.4 Å². The predicted octanol–water partition coefficient (Wildman–Crippen LogP) is 5.62. The van der Waals surface area contributed by atoms with Crippen LogP contribution >= 0.6 is 0 Å². The van der Waals surface area contributed by atoms with Gasteiger partial charge in [0.05, 0.1) is 5.56 Å². The van der Waals surface area contributed by atoms with Crippen LogP contribution in [0.3, 0.4) is 0 Å². The Hall–Kier alpha value is -3.14. The van der Waals surface area contributed by atoms with Crippen molar-refractivity contribution in [2.75, 3.05) is 5.32 Å². The largest absolute Gasteiger partial charge is 0.456 e. The number of rotatable bonds is 5. The van der Waals surface area contributed by atoms with Gasteiger partial charge in [-0.15, -0.1) is 0 Å². The fourth-order valence-corrected chi connectivity index (χ4v) is 2.89. The highest BCUT2D eigenvalue weighted by Gasteiger charge is 2.23. The van der Waals surface area contributed by atoms with Crippen molar-refractivity contribution in [2.45, 2.75) is 39.8 Å². The van der Waals surface area contributed by atoms with Gasteiger partial charge < -0.3 is 10.1 Å². The highest BCUT2D eigenvalue weighted by atomic mass is 16.6. The van der Waals surface area contributed by atoms with E-state index in [0.29, 0.717) is 17.9 Å². The number of anilines is 1. The molecule has 4 nitrogen and oxygen atoms in total. The first-order valence-electron chi connectivity index (χ1n) is 9.41. The smallest absolute Gasteiger partial charge is 0.339 e. The molecule has 0 aliphatic rings. The molecule has 4 heteroatoms. The molecule has 1 N–H and O–H groups in total. The fraction of sp³-hybridized carbons (Fsp3) is 0.250. The zero-order chi connectivity index (χ0) is 20.1. The van der Waals surface area contributed by atoms with Crippen molar-refractivity contribution in [1.82, 2.24) is 4.98 Å². The molecule has 0 amide bonds. The molecule has 0 unspecified atom stereocenters. The second-order valence-electron chi connectivity index (χ2n) is 7.79. The maximum atomic E-state index is 12.9. The lowest BCUT2D eigenvalue weighted by Gasteiger charge is -2.21. The fourth-order valence-electron chi connectivity index (χ4n) is 2.89. The van der Waals surface area contributed by atoms with Gasteiger partial charge in [0.15, 0.2) is 0 Å². The number of aryl methyl sites for hydroxylation is 1. The van der Waals surface area contributed by atoms with Crippen LogP contribution in [0, 0.1) is 6.92 Å². The third kappa shape index (κ3) is 4.97. The van der Waals surface area contributed by atoms with E-state index in [-0.39, 0.29) is 5.97 Å². The monoisotopic (exact) mass is 374 g/mol. The van der Waals surface area contributed by atoms with Crippen LogP contribution in [-0.4, -0.2) is 16.6 Å². The summed E-state index contributed by atoms with van der Waals surface area (Å²) in [5.74, 6) is 0.310. The average molecular weight is 374 g/mol. The number of carbonyl (C=O) groups is 1. The Labute approximate surface area is 166 Å². The summed E-state index contributed by atoms with van der Waals surface area (Å²) in [6.45, 7) is 8.26. The molecular formula is C24H26N2O2. The molecule has 1 heterocycles. The number of esters is 1. The molecule has 3 aromatic rings. The third-order valence-corrected chi connectivity index (χ3v) is 4.21. The second-order valence-corrected chi connectivity index (χ2v) is 7.79. The van der Waals surface area contributed by atoms with Crippen LogP contribution in [0.1, 0.15) is 42.3 Å². The minimum absolute atomic E-state index is 0.353. The van der Waals surface area contributed by atoms with Crippen molar-refractivity contribution in [3.63, 3.8) is 0 Å². The molecule has 0 radical (unpaired) electrons. The van der Waals surface area contributed by atoms with Crippen LogP contribution in [0.4, 0.5) is 5.82 Å². The van der Waals surface area contributed by atoms with Crippen molar-refractivity contribution in [2.24, 2.45) is 0 Å². The van der Waals surface area contributed by atoms with Gasteiger partial charge in [0.2, 0.25) is 0 Å². The first kappa shape index (κ1) is 19.6. The van der Waals surface area contributed by atoms with E-state index >= 15 is 0 Å². The lowest BCUT2D eigenvalue weighted by atomic mass is 9.99. The normalized spacial score (nSPS) is 11.1. The number of hydrogen-bond donors (Lipinski definition) is 1. The van der Waals surface area contributed by atoms with Crippen molar-refractivity contribution < 1.29 is 9.53 Å². The van der Waals surface area contributed by atoms with Crippen molar-refractivity contribution in [3.8, 4) is 11.1 Å². The summed E-state index contributed by atoms with van der Waals surface area (Å²) in [6.07, 6.45) is 1.64. The van der Waals surface area contributed by atoms with Gasteiger partial charge in [-0.1, -0.05) is 60.2 Å². The molecule has 1 aromatic heterocycles. The molecular weight excluding hydrogens is 348 g/mol. The summed E-state index contributed by atoms with van der Waals surface area (Å²) in [4.78, 5) is 17.4. The Morgan fingerprint density at radius 1 is 1.00 bits per heavy atom. The number of pyridine rings is 1. The van der Waals surface area contributed by atoms with Gasteiger partial charge in [-0.25, -0.2) is 9.78 Å². The van der Waals surface area contributed by atoms with Gasteiger partial charge >= 0.3 is 5.97 Å². The molecule has 144 valence electrons. The van der Waals surface area contributed by atoms with Crippen molar-refractivity contribution >= 4 is 11.8 Å². The quantitative estimate of drug-likeness (QED) is 0.589. The topological polar surface area (TPSA) is 51.2 Å². The first-order chi connectivity index (χ1) is 13.3. The number of carbonyl (C=O) groups excluding carboxylic acids is 1. The Morgan fingerprint density at radius 3 is 2.32 bits per heavy atom. The van der Waals surface area contributed by atoms with Crippen LogP contribution < -0.4 is 5.32 Å². The summed E-state index contributed by atoms with van der Waals surface area (Å²) in [7, 11) is 0. The van der Waals surface area contributed by atoms with E-state index < -0.39 is 5.60 Å². The molecule has 0 atom stereocenters. The van der Waals surface area contributed by atoms with Crippen molar-refractivity contribution in [1.29, 1.82) is 0 Å². The molecule has 0 fully saturated rings. The molecule has 0 spiro atoms. The standard InChI is InChI=1S/C24H26N2O2/c1-17-10-12-19(13-11-17)21-20(23(27)28-24(2,3)4)14-15-25-22(21)26-16-18-8-6-5-7-9-18/h5-15H,16H2,1-4H3,(H,25,26). The third-order valence-electron chi connectivity index (χ3n) is 4.21. The van der Waals surface area contributed by atoms with E-state index in [4.69, 9.17) is 4.74 Å². The molecule has 28 heavy (non-hydrogen) atoms. The molecule has 0 saturated carbocycles. The Morgan fingerprint density at radius 2 is 1.68 bits per heavy atom. The molecule has 0 aliphatic heterocycles. The Kier molecular flexibility index (Phi) is 5.78. The van der Waals surface area contributed by atoms with E-state index in [1.807, 2.05) is 70.2 Å². The van der Waals surface area contributed by atoms with Crippen LogP contribution in [-0.2, 0) is 11.3 Å². The van der Waals surface area contributed by atoms with Gasteiger partial charge in [0.25, 0.3) is 0 Å². The maximum Gasteiger partial charge on any atom is 0.339 e. The number of aromatic nitrogens is 1. The van der Waals surface area contributed by atoms with E-state index in [0.717, 1.165) is 22.3 Å². The summed E-state index contributed by atoms with van der Waals surface area (Å²) >= 11 is 0. The van der Waals surface area contributed by atoms with E-state index in [1.165, 1.54) is 0 Å². The van der Waals surface area contributed by atoms with Gasteiger partial charge in [-0.05, 0) is 44.9 Å². The molecule has 0 bridgehead atoms. The van der Waals surface area contributed by atoms with E-state index in [2.05, 4.69) is 22.4 Å². The molecule has 0 aliphatic carbocycles. The maximum absolute atomic E-state index is 12.9. The summed E-state index contributed by atoms with van der Waals surface area (Å²) in [6, 6.07) is 19.9. The molecule has 2 aromatic carbocycles. The number of ether oxygens (including phenoxy) is 1. The van der Waals surface area contributed by atoms with Crippen LogP contribution in [0.15, 0.2) is 66.9 Å². The Bertz CT molecular complexity index is 943. The summed E-state index contributed by atoms with van der Waals surface area (Å²) in [5.41, 5.74) is 3.92.